The van der Waals surface area contributed by atoms with E-state index in [1.54, 1.807) is 11.9 Å². The molecule has 2 aromatic rings. The summed E-state index contributed by atoms with van der Waals surface area (Å²) in [6.45, 7) is 3.56. The number of nitrogens with one attached hydrogen (secondary N) is 3. The largest absolute Gasteiger partial charge is 0.419 e. The summed E-state index contributed by atoms with van der Waals surface area (Å²) in [5.74, 6) is -0.0671. The van der Waals surface area contributed by atoms with E-state index in [1.807, 2.05) is 6.92 Å². The van der Waals surface area contributed by atoms with E-state index in [-0.39, 0.29) is 29.6 Å². The molecule has 1 amide bonds. The van der Waals surface area contributed by atoms with Crippen LogP contribution in [0.25, 0.3) is 11.3 Å². The van der Waals surface area contributed by atoms with Gasteiger partial charge in [-0.25, -0.2) is 9.97 Å². The highest BCUT2D eigenvalue weighted by atomic mass is 19.4. The lowest BCUT2D eigenvalue weighted by atomic mass is 9.99. The van der Waals surface area contributed by atoms with Crippen molar-refractivity contribution in [2.24, 2.45) is 0 Å². The number of nitrogens with zero attached hydrogens (tertiary/aromatic N) is 3. The minimum Gasteiger partial charge on any atom is -0.356 e. The van der Waals surface area contributed by atoms with Crippen molar-refractivity contribution >= 4 is 11.9 Å². The Labute approximate surface area is 172 Å². The summed E-state index contributed by atoms with van der Waals surface area (Å²) < 4.78 is 41.2. The average Bonchev–Trinajstić information content (AvgIpc) is 3.10. The van der Waals surface area contributed by atoms with Gasteiger partial charge < -0.3 is 20.5 Å². The van der Waals surface area contributed by atoms with Crippen molar-refractivity contribution in [3.8, 4) is 11.3 Å². The molecule has 10 heteroatoms. The number of amides is 1. The van der Waals surface area contributed by atoms with Gasteiger partial charge in [-0.15, -0.1) is 0 Å². The number of halogens is 3. The lowest BCUT2D eigenvalue weighted by Crippen LogP contribution is -2.38. The highest BCUT2D eigenvalue weighted by molar-refractivity contribution is 5.96. The summed E-state index contributed by atoms with van der Waals surface area (Å²) in [5, 5.41) is 6.39. The molecule has 2 aliphatic rings. The van der Waals surface area contributed by atoms with Gasteiger partial charge in [0, 0.05) is 43.6 Å². The zero-order chi connectivity index (χ0) is 21.5. The summed E-state index contributed by atoms with van der Waals surface area (Å²) in [7, 11) is 1.70. The highest BCUT2D eigenvalue weighted by Crippen LogP contribution is 2.39. The molecule has 1 saturated heterocycles. The first kappa shape index (κ1) is 20.6. The van der Waals surface area contributed by atoms with E-state index < -0.39 is 11.7 Å². The van der Waals surface area contributed by atoms with E-state index in [0.717, 1.165) is 25.6 Å². The maximum absolute atomic E-state index is 13.7. The third-order valence-corrected chi connectivity index (χ3v) is 5.97. The highest BCUT2D eigenvalue weighted by Gasteiger charge is 2.37. The van der Waals surface area contributed by atoms with E-state index in [1.165, 1.54) is 6.20 Å². The summed E-state index contributed by atoms with van der Waals surface area (Å²) in [6, 6.07) is 0.0532. The maximum atomic E-state index is 13.7. The van der Waals surface area contributed by atoms with Crippen LogP contribution in [0.4, 0.5) is 19.1 Å². The van der Waals surface area contributed by atoms with Crippen molar-refractivity contribution < 1.29 is 18.0 Å². The van der Waals surface area contributed by atoms with Gasteiger partial charge in [-0.1, -0.05) is 0 Å². The molecule has 0 aromatic carbocycles. The SMILES string of the molecule is CC1CCc2c(-c3nc(NC4CCCNC4)ncc3C(F)(F)F)c[nH]c2C(=O)N1C. The minimum absolute atomic E-state index is 0.00494. The molecule has 2 aliphatic heterocycles. The van der Waals surface area contributed by atoms with Crippen LogP contribution >= 0.6 is 0 Å². The molecule has 30 heavy (non-hydrogen) atoms. The number of hydrogen-bond acceptors (Lipinski definition) is 5. The second-order valence-corrected chi connectivity index (χ2v) is 8.00. The molecule has 162 valence electrons. The number of H-pyrrole nitrogens is 1. The first-order valence-corrected chi connectivity index (χ1v) is 10.1. The lowest BCUT2D eigenvalue weighted by molar-refractivity contribution is -0.137. The monoisotopic (exact) mass is 422 g/mol. The molecular weight excluding hydrogens is 397 g/mol. The molecule has 0 spiro atoms. The fraction of sp³-hybridized carbons (Fsp3) is 0.550. The lowest BCUT2D eigenvalue weighted by Gasteiger charge is -2.24. The second-order valence-electron chi connectivity index (χ2n) is 8.00. The number of piperidine rings is 1. The molecule has 2 aromatic heterocycles. The van der Waals surface area contributed by atoms with Gasteiger partial charge in [0.1, 0.15) is 11.3 Å². The van der Waals surface area contributed by atoms with E-state index in [9.17, 15) is 18.0 Å². The Morgan fingerprint density at radius 3 is 2.80 bits per heavy atom. The van der Waals surface area contributed by atoms with Crippen LogP contribution in [0.1, 0.15) is 47.8 Å². The van der Waals surface area contributed by atoms with Crippen molar-refractivity contribution in [2.75, 3.05) is 25.5 Å². The van der Waals surface area contributed by atoms with E-state index >= 15 is 0 Å². The molecule has 0 bridgehead atoms. The van der Waals surface area contributed by atoms with Gasteiger partial charge in [0.25, 0.3) is 5.91 Å². The van der Waals surface area contributed by atoms with E-state index in [2.05, 4.69) is 25.6 Å². The minimum atomic E-state index is -4.61. The summed E-state index contributed by atoms with van der Waals surface area (Å²) >= 11 is 0. The molecular formula is C20H25F3N6O. The second kappa shape index (κ2) is 7.90. The Hall–Kier alpha value is -2.62. The van der Waals surface area contributed by atoms with Crippen molar-refractivity contribution in [3.63, 3.8) is 0 Å². The number of alkyl halides is 3. The van der Waals surface area contributed by atoms with Gasteiger partial charge in [-0.2, -0.15) is 13.2 Å². The van der Waals surface area contributed by atoms with Crippen molar-refractivity contribution in [2.45, 2.75) is 50.9 Å². The topological polar surface area (TPSA) is 85.9 Å². The summed E-state index contributed by atoms with van der Waals surface area (Å²) in [5.41, 5.74) is 0.0987. The Kier molecular flexibility index (Phi) is 5.44. The molecule has 0 saturated carbocycles. The van der Waals surface area contributed by atoms with Gasteiger partial charge in [0.15, 0.2) is 0 Å². The number of hydrogen-bond donors (Lipinski definition) is 3. The number of aromatic nitrogens is 3. The van der Waals surface area contributed by atoms with Gasteiger partial charge in [-0.3, -0.25) is 4.79 Å². The first-order chi connectivity index (χ1) is 14.3. The van der Waals surface area contributed by atoms with Crippen LogP contribution in [0.2, 0.25) is 0 Å². The van der Waals surface area contributed by atoms with Gasteiger partial charge >= 0.3 is 6.18 Å². The zero-order valence-electron chi connectivity index (χ0n) is 16.9. The molecule has 7 nitrogen and oxygen atoms in total. The van der Waals surface area contributed by atoms with Crippen LogP contribution < -0.4 is 10.6 Å². The van der Waals surface area contributed by atoms with Gasteiger partial charge in [0.2, 0.25) is 5.95 Å². The fourth-order valence-corrected chi connectivity index (χ4v) is 4.06. The quantitative estimate of drug-likeness (QED) is 0.708. The van der Waals surface area contributed by atoms with Crippen LogP contribution in [0, 0.1) is 0 Å². The standard InChI is InChI=1S/C20H25F3N6O/c1-11-5-6-13-14(9-25-17(13)18(30)29(11)2)16-15(20(21,22)23)10-26-19(28-16)27-12-4-3-7-24-8-12/h9-12,24-25H,3-8H2,1-2H3,(H,26,27,28). The third kappa shape index (κ3) is 3.88. The molecule has 3 N–H and O–H groups in total. The molecule has 2 unspecified atom stereocenters. The number of aromatic amines is 1. The number of carbonyl (C=O) groups excluding carboxylic acids is 1. The van der Waals surface area contributed by atoms with Crippen LogP contribution in [0.5, 0.6) is 0 Å². The Bertz CT molecular complexity index is 935. The summed E-state index contributed by atoms with van der Waals surface area (Å²) in [6.07, 6.45) is 0.690. The zero-order valence-corrected chi connectivity index (χ0v) is 16.9. The molecule has 0 radical (unpaired) electrons. The van der Waals surface area contributed by atoms with Gasteiger partial charge in [-0.05, 0) is 44.7 Å². The predicted octanol–water partition coefficient (Wildman–Crippen LogP) is 3.06. The van der Waals surface area contributed by atoms with Crippen molar-refractivity contribution in [3.05, 3.63) is 29.2 Å². The van der Waals surface area contributed by atoms with E-state index in [0.29, 0.717) is 36.2 Å². The number of fused-ring (bicyclic) bond motifs is 1. The molecule has 4 rings (SSSR count). The molecule has 4 heterocycles. The van der Waals surface area contributed by atoms with Gasteiger partial charge in [0.05, 0.1) is 5.69 Å². The molecule has 0 aliphatic carbocycles. The van der Waals surface area contributed by atoms with E-state index in [4.69, 9.17) is 0 Å². The Morgan fingerprint density at radius 1 is 1.30 bits per heavy atom. The number of rotatable bonds is 3. The normalized spacial score (nSPS) is 22.6. The first-order valence-electron chi connectivity index (χ1n) is 10.1. The van der Waals surface area contributed by atoms with Crippen molar-refractivity contribution in [1.82, 2.24) is 25.2 Å². The van der Waals surface area contributed by atoms with Crippen molar-refractivity contribution in [1.29, 1.82) is 0 Å². The van der Waals surface area contributed by atoms with Crippen LogP contribution in [0.15, 0.2) is 12.4 Å². The fourth-order valence-electron chi connectivity index (χ4n) is 4.06. The maximum Gasteiger partial charge on any atom is 0.419 e. The number of anilines is 1. The average molecular weight is 422 g/mol. The van der Waals surface area contributed by atoms with Crippen LogP contribution in [-0.4, -0.2) is 58.0 Å². The third-order valence-electron chi connectivity index (χ3n) is 5.97. The summed E-state index contributed by atoms with van der Waals surface area (Å²) in [4.78, 5) is 25.4. The van der Waals surface area contributed by atoms with Crippen LogP contribution in [-0.2, 0) is 12.6 Å². The molecule has 1 fully saturated rings. The Balaban J connectivity index is 1.76. The van der Waals surface area contributed by atoms with Crippen LogP contribution in [0.3, 0.4) is 0 Å². The molecule has 2 atom stereocenters. The predicted molar refractivity (Wildman–Crippen MR) is 106 cm³/mol. The Morgan fingerprint density at radius 2 is 2.10 bits per heavy atom. The smallest absolute Gasteiger partial charge is 0.356 e. The number of carbonyl (C=O) groups is 1.